The van der Waals surface area contributed by atoms with Gasteiger partial charge in [0.25, 0.3) is 0 Å². The van der Waals surface area contributed by atoms with Crippen LogP contribution in [0.3, 0.4) is 0 Å². The van der Waals surface area contributed by atoms with E-state index >= 15 is 0 Å². The van der Waals surface area contributed by atoms with E-state index in [9.17, 15) is 4.79 Å². The van der Waals surface area contributed by atoms with Crippen molar-refractivity contribution in [1.82, 2.24) is 30.3 Å². The number of benzene rings is 2. The Morgan fingerprint density at radius 2 is 1.85 bits per heavy atom. The van der Waals surface area contributed by atoms with Gasteiger partial charge in [0, 0.05) is 12.6 Å². The van der Waals surface area contributed by atoms with Crippen LogP contribution < -0.4 is 10.1 Å². The Morgan fingerprint density at radius 3 is 2.58 bits per heavy atom. The summed E-state index contributed by atoms with van der Waals surface area (Å²) in [4.78, 5) is 12.5. The first-order chi connectivity index (χ1) is 16.0. The maximum absolute atomic E-state index is 12.5. The van der Waals surface area contributed by atoms with Gasteiger partial charge in [-0.3, -0.25) is 4.79 Å². The number of carbonyl (C=O) groups excluding carboxylic acids is 1. The summed E-state index contributed by atoms with van der Waals surface area (Å²) in [5, 5.41) is 20.4. The SMILES string of the molecule is COc1ccc(CC(=O)N[C@H](C)c2nnc(SCc3nnc(-c4ccccc4)o3)n2C)cc1. The van der Waals surface area contributed by atoms with Crippen molar-refractivity contribution in [2.24, 2.45) is 7.05 Å². The van der Waals surface area contributed by atoms with Crippen LogP contribution >= 0.6 is 11.8 Å². The Balaban J connectivity index is 1.33. The predicted octanol–water partition coefficient (Wildman–Crippen LogP) is 3.59. The van der Waals surface area contributed by atoms with Crippen molar-refractivity contribution in [3.8, 4) is 17.2 Å². The number of carbonyl (C=O) groups is 1. The minimum Gasteiger partial charge on any atom is -0.497 e. The maximum Gasteiger partial charge on any atom is 0.247 e. The number of rotatable bonds is 9. The van der Waals surface area contributed by atoms with E-state index in [0.29, 0.717) is 28.5 Å². The van der Waals surface area contributed by atoms with Crippen LogP contribution in [0.1, 0.15) is 30.2 Å². The minimum atomic E-state index is -0.296. The number of hydrogen-bond donors (Lipinski definition) is 1. The zero-order valence-corrected chi connectivity index (χ0v) is 19.4. The summed E-state index contributed by atoms with van der Waals surface area (Å²) < 4.78 is 12.8. The Morgan fingerprint density at radius 1 is 1.09 bits per heavy atom. The van der Waals surface area contributed by atoms with Crippen molar-refractivity contribution in [2.75, 3.05) is 7.11 Å². The van der Waals surface area contributed by atoms with E-state index in [1.54, 1.807) is 7.11 Å². The molecule has 0 saturated heterocycles. The number of nitrogens with one attached hydrogen (secondary N) is 1. The zero-order valence-electron chi connectivity index (χ0n) is 18.6. The standard InChI is InChI=1S/C23H24N6O3S/c1-15(24-19(30)13-16-9-11-18(31-3)12-10-16)21-26-28-23(29(21)2)33-14-20-25-27-22(32-20)17-7-5-4-6-8-17/h4-12,15H,13-14H2,1-3H3,(H,24,30)/t15-/m1/s1. The zero-order chi connectivity index (χ0) is 23.2. The predicted molar refractivity (Wildman–Crippen MR) is 124 cm³/mol. The molecule has 0 saturated carbocycles. The lowest BCUT2D eigenvalue weighted by Gasteiger charge is -2.13. The van der Waals surface area contributed by atoms with Gasteiger partial charge in [-0.25, -0.2) is 0 Å². The topological polar surface area (TPSA) is 108 Å². The fourth-order valence-electron chi connectivity index (χ4n) is 3.25. The average Bonchev–Trinajstić information content (AvgIpc) is 3.45. The molecule has 2 aromatic carbocycles. The van der Waals surface area contributed by atoms with Gasteiger partial charge in [0.1, 0.15) is 5.75 Å². The monoisotopic (exact) mass is 464 g/mol. The second-order valence-corrected chi connectivity index (χ2v) is 8.31. The summed E-state index contributed by atoms with van der Waals surface area (Å²) >= 11 is 1.44. The molecule has 0 radical (unpaired) electrons. The molecule has 0 spiro atoms. The van der Waals surface area contributed by atoms with Gasteiger partial charge in [0.15, 0.2) is 11.0 Å². The van der Waals surface area contributed by atoms with E-state index in [1.807, 2.05) is 73.1 Å². The molecule has 9 nitrogen and oxygen atoms in total. The summed E-state index contributed by atoms with van der Waals surface area (Å²) in [6, 6.07) is 16.8. The third kappa shape index (κ3) is 5.58. The van der Waals surface area contributed by atoms with E-state index in [4.69, 9.17) is 9.15 Å². The highest BCUT2D eigenvalue weighted by atomic mass is 32.2. The highest BCUT2D eigenvalue weighted by molar-refractivity contribution is 7.98. The van der Waals surface area contributed by atoms with Crippen LogP contribution in [-0.4, -0.2) is 38.0 Å². The van der Waals surface area contributed by atoms with E-state index in [0.717, 1.165) is 16.9 Å². The molecule has 4 aromatic rings. The van der Waals surface area contributed by atoms with Crippen LogP contribution in [0.4, 0.5) is 0 Å². The van der Waals surface area contributed by atoms with Crippen molar-refractivity contribution in [3.63, 3.8) is 0 Å². The Hall–Kier alpha value is -3.66. The van der Waals surface area contributed by atoms with Gasteiger partial charge in [-0.2, -0.15) is 0 Å². The lowest BCUT2D eigenvalue weighted by Crippen LogP contribution is -2.29. The quantitative estimate of drug-likeness (QED) is 0.375. The lowest BCUT2D eigenvalue weighted by atomic mass is 10.1. The van der Waals surface area contributed by atoms with Gasteiger partial charge in [-0.15, -0.1) is 20.4 Å². The number of hydrogen-bond acceptors (Lipinski definition) is 8. The molecule has 1 N–H and O–H groups in total. The first-order valence-electron chi connectivity index (χ1n) is 10.4. The van der Waals surface area contributed by atoms with Crippen LogP contribution in [0, 0.1) is 0 Å². The molecule has 170 valence electrons. The normalized spacial score (nSPS) is 11.8. The third-order valence-corrected chi connectivity index (χ3v) is 5.97. The highest BCUT2D eigenvalue weighted by Crippen LogP contribution is 2.24. The fraction of sp³-hybridized carbons (Fsp3) is 0.261. The molecule has 2 heterocycles. The van der Waals surface area contributed by atoms with Crippen LogP contribution in [0.15, 0.2) is 64.2 Å². The van der Waals surface area contributed by atoms with Crippen LogP contribution in [0.25, 0.3) is 11.5 Å². The largest absolute Gasteiger partial charge is 0.497 e. The Labute approximate surface area is 195 Å². The molecule has 2 aromatic heterocycles. The minimum absolute atomic E-state index is 0.0934. The second-order valence-electron chi connectivity index (χ2n) is 7.37. The lowest BCUT2D eigenvalue weighted by molar-refractivity contribution is -0.121. The fourth-order valence-corrected chi connectivity index (χ4v) is 4.01. The number of ether oxygens (including phenoxy) is 1. The van der Waals surface area contributed by atoms with Crippen LogP contribution in [0.5, 0.6) is 5.75 Å². The number of methoxy groups -OCH3 is 1. The molecule has 0 unspecified atom stereocenters. The molecule has 1 amide bonds. The summed E-state index contributed by atoms with van der Waals surface area (Å²) in [5.74, 6) is 2.78. The number of nitrogens with zero attached hydrogens (tertiary/aromatic N) is 5. The van der Waals surface area contributed by atoms with Gasteiger partial charge in [0.2, 0.25) is 17.7 Å². The molecule has 0 aliphatic rings. The van der Waals surface area contributed by atoms with E-state index in [-0.39, 0.29) is 18.4 Å². The number of thioether (sulfide) groups is 1. The van der Waals surface area contributed by atoms with E-state index in [2.05, 4.69) is 25.7 Å². The van der Waals surface area contributed by atoms with Crippen LogP contribution in [-0.2, 0) is 24.0 Å². The van der Waals surface area contributed by atoms with Crippen molar-refractivity contribution in [2.45, 2.75) is 30.3 Å². The molecule has 0 aliphatic heterocycles. The molecular formula is C23H24N6O3S. The van der Waals surface area contributed by atoms with Gasteiger partial charge in [0.05, 0.1) is 25.3 Å². The first kappa shape index (κ1) is 22.5. The van der Waals surface area contributed by atoms with Gasteiger partial charge < -0.3 is 19.0 Å². The van der Waals surface area contributed by atoms with Gasteiger partial charge >= 0.3 is 0 Å². The van der Waals surface area contributed by atoms with Crippen molar-refractivity contribution in [3.05, 3.63) is 71.9 Å². The smallest absolute Gasteiger partial charge is 0.247 e. The molecule has 0 bridgehead atoms. The summed E-state index contributed by atoms with van der Waals surface area (Å²) in [5.41, 5.74) is 1.78. The first-order valence-corrected chi connectivity index (χ1v) is 11.3. The molecule has 1 atom stereocenters. The molecule has 10 heteroatoms. The third-order valence-electron chi connectivity index (χ3n) is 4.97. The average molecular weight is 465 g/mol. The molecular weight excluding hydrogens is 440 g/mol. The van der Waals surface area contributed by atoms with Gasteiger partial charge in [-0.1, -0.05) is 42.1 Å². The maximum atomic E-state index is 12.5. The van der Waals surface area contributed by atoms with E-state index in [1.165, 1.54) is 11.8 Å². The number of amides is 1. The molecule has 4 rings (SSSR count). The van der Waals surface area contributed by atoms with Crippen LogP contribution in [0.2, 0.25) is 0 Å². The highest BCUT2D eigenvalue weighted by Gasteiger charge is 2.19. The van der Waals surface area contributed by atoms with Gasteiger partial charge in [-0.05, 0) is 36.8 Å². The van der Waals surface area contributed by atoms with Crippen molar-refractivity contribution < 1.29 is 13.9 Å². The molecule has 33 heavy (non-hydrogen) atoms. The molecule has 0 fully saturated rings. The second kappa shape index (κ2) is 10.3. The van der Waals surface area contributed by atoms with Crippen molar-refractivity contribution in [1.29, 1.82) is 0 Å². The summed E-state index contributed by atoms with van der Waals surface area (Å²) in [6.07, 6.45) is 0.273. The summed E-state index contributed by atoms with van der Waals surface area (Å²) in [6.45, 7) is 1.88. The summed E-state index contributed by atoms with van der Waals surface area (Å²) in [7, 11) is 3.48. The number of aromatic nitrogens is 5. The Kier molecular flexibility index (Phi) is 7.04. The van der Waals surface area contributed by atoms with Crippen molar-refractivity contribution >= 4 is 17.7 Å². The molecule has 0 aliphatic carbocycles. The Bertz CT molecular complexity index is 1210. The van der Waals surface area contributed by atoms with E-state index < -0.39 is 0 Å².